The Hall–Kier alpha value is -0.0400. The van der Waals surface area contributed by atoms with E-state index in [4.69, 9.17) is 0 Å². The van der Waals surface area contributed by atoms with E-state index in [9.17, 15) is 0 Å². The second-order valence-electron chi connectivity index (χ2n) is 7.34. The SMILES string of the molecule is CC(C)CC[N+](C)(CCC(C)C)CCC(C)C. The molecule has 0 radical (unpaired) electrons. The van der Waals surface area contributed by atoms with Crippen LogP contribution in [0.2, 0.25) is 0 Å². The predicted octanol–water partition coefficient (Wildman–Crippen LogP) is 4.57. The number of nitrogens with zero attached hydrogens (tertiary/aromatic N) is 1. The van der Waals surface area contributed by atoms with Crippen molar-refractivity contribution in [1.82, 2.24) is 0 Å². The summed E-state index contributed by atoms with van der Waals surface area (Å²) in [5.41, 5.74) is 0. The molecule has 0 aromatic rings. The van der Waals surface area contributed by atoms with Crippen LogP contribution in [0.3, 0.4) is 0 Å². The summed E-state index contributed by atoms with van der Waals surface area (Å²) >= 11 is 0. The molecule has 0 amide bonds. The standard InChI is InChI=1S/C16H36N/c1-14(2)8-11-17(7,12-9-15(3)4)13-10-16(5)6/h14-16H,8-13H2,1-7H3/q+1. The third kappa shape index (κ3) is 9.64. The molecule has 0 unspecified atom stereocenters. The second kappa shape index (κ2) is 8.13. The molecule has 0 atom stereocenters. The van der Waals surface area contributed by atoms with Crippen molar-refractivity contribution in [2.75, 3.05) is 26.7 Å². The van der Waals surface area contributed by atoms with Gasteiger partial charge in [-0.1, -0.05) is 41.5 Å². The van der Waals surface area contributed by atoms with Crippen molar-refractivity contribution < 1.29 is 4.48 Å². The summed E-state index contributed by atoms with van der Waals surface area (Å²) in [4.78, 5) is 0. The van der Waals surface area contributed by atoms with Crippen LogP contribution in [0.15, 0.2) is 0 Å². The molecule has 0 saturated carbocycles. The molecule has 0 aliphatic rings. The molecule has 1 heteroatoms. The van der Waals surface area contributed by atoms with E-state index in [1.54, 1.807) is 0 Å². The Bertz CT molecular complexity index is 151. The van der Waals surface area contributed by atoms with E-state index in [1.165, 1.54) is 43.4 Å². The van der Waals surface area contributed by atoms with Crippen molar-refractivity contribution in [3.8, 4) is 0 Å². The highest BCUT2D eigenvalue weighted by Crippen LogP contribution is 2.16. The van der Waals surface area contributed by atoms with Crippen molar-refractivity contribution in [2.45, 2.75) is 60.8 Å². The molecule has 0 N–H and O–H groups in total. The van der Waals surface area contributed by atoms with Gasteiger partial charge in [-0.25, -0.2) is 0 Å². The predicted molar refractivity (Wildman–Crippen MR) is 79.2 cm³/mol. The van der Waals surface area contributed by atoms with E-state index in [1.807, 2.05) is 0 Å². The summed E-state index contributed by atoms with van der Waals surface area (Å²) in [6, 6.07) is 0. The van der Waals surface area contributed by atoms with Crippen molar-refractivity contribution >= 4 is 0 Å². The summed E-state index contributed by atoms with van der Waals surface area (Å²) in [7, 11) is 2.47. The molecule has 17 heavy (non-hydrogen) atoms. The van der Waals surface area contributed by atoms with Gasteiger partial charge in [-0.2, -0.15) is 0 Å². The van der Waals surface area contributed by atoms with E-state index in [-0.39, 0.29) is 0 Å². The van der Waals surface area contributed by atoms with Crippen molar-refractivity contribution in [1.29, 1.82) is 0 Å². The van der Waals surface area contributed by atoms with Crippen LogP contribution in [0.5, 0.6) is 0 Å². The Balaban J connectivity index is 4.23. The Labute approximate surface area is 110 Å². The lowest BCUT2D eigenvalue weighted by Gasteiger charge is -2.36. The van der Waals surface area contributed by atoms with Gasteiger partial charge in [-0.3, -0.25) is 0 Å². The third-order valence-electron chi connectivity index (χ3n) is 3.74. The van der Waals surface area contributed by atoms with Crippen LogP contribution in [0.1, 0.15) is 60.8 Å². The van der Waals surface area contributed by atoms with Gasteiger partial charge in [0, 0.05) is 0 Å². The lowest BCUT2D eigenvalue weighted by atomic mass is 10.0. The van der Waals surface area contributed by atoms with Crippen LogP contribution in [-0.4, -0.2) is 31.2 Å². The molecule has 104 valence electrons. The van der Waals surface area contributed by atoms with E-state index in [0.717, 1.165) is 17.8 Å². The Morgan fingerprint density at radius 2 is 0.824 bits per heavy atom. The smallest absolute Gasteiger partial charge is 0.0787 e. The van der Waals surface area contributed by atoms with Crippen LogP contribution in [0.4, 0.5) is 0 Å². The van der Waals surface area contributed by atoms with Gasteiger partial charge in [0.25, 0.3) is 0 Å². The zero-order chi connectivity index (χ0) is 13.5. The molecule has 0 bridgehead atoms. The van der Waals surface area contributed by atoms with Gasteiger partial charge in [0.05, 0.1) is 26.7 Å². The van der Waals surface area contributed by atoms with E-state index < -0.39 is 0 Å². The van der Waals surface area contributed by atoms with Crippen molar-refractivity contribution in [3.05, 3.63) is 0 Å². The molecule has 0 aliphatic heterocycles. The summed E-state index contributed by atoms with van der Waals surface area (Å²) in [5.74, 6) is 2.52. The molecule has 0 spiro atoms. The second-order valence-corrected chi connectivity index (χ2v) is 7.34. The molecule has 0 fully saturated rings. The van der Waals surface area contributed by atoms with Crippen LogP contribution in [0, 0.1) is 17.8 Å². The highest BCUT2D eigenvalue weighted by atomic mass is 15.3. The first-order valence-corrected chi connectivity index (χ1v) is 7.58. The summed E-state index contributed by atoms with van der Waals surface area (Å²) in [5, 5.41) is 0. The van der Waals surface area contributed by atoms with Crippen molar-refractivity contribution in [2.24, 2.45) is 17.8 Å². The zero-order valence-electron chi connectivity index (χ0n) is 13.4. The molecule has 0 heterocycles. The fourth-order valence-corrected chi connectivity index (χ4v) is 2.05. The molecular weight excluding hydrogens is 206 g/mol. The Morgan fingerprint density at radius 3 is 1.00 bits per heavy atom. The van der Waals surface area contributed by atoms with Crippen LogP contribution in [-0.2, 0) is 0 Å². The van der Waals surface area contributed by atoms with Gasteiger partial charge in [0.2, 0.25) is 0 Å². The van der Waals surface area contributed by atoms with E-state index in [2.05, 4.69) is 48.6 Å². The molecule has 1 nitrogen and oxygen atoms in total. The van der Waals surface area contributed by atoms with Gasteiger partial charge < -0.3 is 4.48 Å². The lowest BCUT2D eigenvalue weighted by Crippen LogP contribution is -2.47. The first kappa shape index (κ1) is 17.0. The minimum Gasteiger partial charge on any atom is -0.326 e. The Kier molecular flexibility index (Phi) is 8.11. The van der Waals surface area contributed by atoms with Gasteiger partial charge in [-0.05, 0) is 37.0 Å². The highest BCUT2D eigenvalue weighted by molar-refractivity contribution is 4.52. The third-order valence-corrected chi connectivity index (χ3v) is 3.74. The minimum absolute atomic E-state index is 0.838. The topological polar surface area (TPSA) is 0 Å². The first-order chi connectivity index (χ1) is 7.75. The maximum Gasteiger partial charge on any atom is 0.0787 e. The Morgan fingerprint density at radius 1 is 0.588 bits per heavy atom. The molecule has 0 aliphatic carbocycles. The normalized spacial score (nSPS) is 13.1. The van der Waals surface area contributed by atoms with Crippen LogP contribution >= 0.6 is 0 Å². The maximum absolute atomic E-state index is 2.47. The molecule has 0 saturated heterocycles. The van der Waals surface area contributed by atoms with Crippen LogP contribution < -0.4 is 0 Å². The number of hydrogen-bond donors (Lipinski definition) is 0. The lowest BCUT2D eigenvalue weighted by molar-refractivity contribution is -0.911. The average molecular weight is 242 g/mol. The molecule has 0 rings (SSSR count). The summed E-state index contributed by atoms with van der Waals surface area (Å²) in [6.45, 7) is 18.1. The monoisotopic (exact) mass is 242 g/mol. The quantitative estimate of drug-likeness (QED) is 0.520. The summed E-state index contributed by atoms with van der Waals surface area (Å²) in [6.07, 6.45) is 4.10. The van der Waals surface area contributed by atoms with E-state index in [0.29, 0.717) is 0 Å². The number of rotatable bonds is 9. The van der Waals surface area contributed by atoms with Gasteiger partial charge >= 0.3 is 0 Å². The fourth-order valence-electron chi connectivity index (χ4n) is 2.05. The average Bonchev–Trinajstić information content (AvgIpc) is 2.21. The first-order valence-electron chi connectivity index (χ1n) is 7.58. The molecular formula is C16H36N+. The number of hydrogen-bond acceptors (Lipinski definition) is 0. The summed E-state index contributed by atoms with van der Waals surface area (Å²) < 4.78 is 1.29. The van der Waals surface area contributed by atoms with Gasteiger partial charge in [-0.15, -0.1) is 0 Å². The van der Waals surface area contributed by atoms with Crippen LogP contribution in [0.25, 0.3) is 0 Å². The molecule has 0 aromatic heterocycles. The van der Waals surface area contributed by atoms with Gasteiger partial charge in [0.1, 0.15) is 0 Å². The van der Waals surface area contributed by atoms with Crippen molar-refractivity contribution in [3.63, 3.8) is 0 Å². The number of quaternary nitrogens is 1. The van der Waals surface area contributed by atoms with E-state index >= 15 is 0 Å². The maximum atomic E-state index is 2.47. The zero-order valence-corrected chi connectivity index (χ0v) is 13.4. The molecule has 0 aromatic carbocycles. The van der Waals surface area contributed by atoms with Gasteiger partial charge in [0.15, 0.2) is 0 Å². The highest BCUT2D eigenvalue weighted by Gasteiger charge is 2.22. The largest absolute Gasteiger partial charge is 0.326 e. The minimum atomic E-state index is 0.838. The fraction of sp³-hybridized carbons (Fsp3) is 1.00.